The normalized spacial score (nSPS) is 10.2. The quantitative estimate of drug-likeness (QED) is 0.901. The van der Waals surface area contributed by atoms with Crippen LogP contribution in [-0.4, -0.2) is 5.11 Å². The highest BCUT2D eigenvalue weighted by Crippen LogP contribution is 2.22. The maximum Gasteiger partial charge on any atom is 0.142 e. The smallest absolute Gasteiger partial charge is 0.142 e. The van der Waals surface area contributed by atoms with Crippen molar-refractivity contribution in [2.75, 3.05) is 0 Å². The predicted octanol–water partition coefficient (Wildman–Crippen LogP) is 3.76. The molecule has 1 N–H and O–H groups in total. The summed E-state index contributed by atoms with van der Waals surface area (Å²) in [4.78, 5) is 0. The predicted molar refractivity (Wildman–Crippen MR) is 63.8 cm³/mol. The van der Waals surface area contributed by atoms with Crippen LogP contribution in [-0.2, 0) is 6.61 Å². The van der Waals surface area contributed by atoms with Crippen molar-refractivity contribution >= 4 is 11.6 Å². The van der Waals surface area contributed by atoms with E-state index in [9.17, 15) is 4.39 Å². The molecule has 2 aromatic rings. The minimum atomic E-state index is -0.460. The van der Waals surface area contributed by atoms with Crippen LogP contribution in [0.2, 0.25) is 5.02 Å². The molecule has 0 aliphatic heterocycles. The van der Waals surface area contributed by atoms with Gasteiger partial charge in [-0.05, 0) is 30.3 Å². The SMILES string of the molecule is Oc1ccc(OCc2cccc(F)c2Cl)cc1. The standard InChI is InChI=1S/C13H10ClFO2/c14-13-9(2-1-3-12(13)15)8-17-11-6-4-10(16)5-7-11/h1-7,16H,8H2. The van der Waals surface area contributed by atoms with E-state index >= 15 is 0 Å². The van der Waals surface area contributed by atoms with Crippen LogP contribution in [0.3, 0.4) is 0 Å². The van der Waals surface area contributed by atoms with E-state index < -0.39 is 5.82 Å². The van der Waals surface area contributed by atoms with E-state index in [1.807, 2.05) is 0 Å². The van der Waals surface area contributed by atoms with E-state index in [0.717, 1.165) is 0 Å². The zero-order valence-corrected chi connectivity index (χ0v) is 9.62. The molecule has 0 radical (unpaired) electrons. The molecule has 0 unspecified atom stereocenters. The Morgan fingerprint density at radius 2 is 1.82 bits per heavy atom. The van der Waals surface area contributed by atoms with Gasteiger partial charge in [-0.2, -0.15) is 0 Å². The number of hydrogen-bond donors (Lipinski definition) is 1. The zero-order valence-electron chi connectivity index (χ0n) is 8.86. The Bertz CT molecular complexity index is 511. The molecule has 0 saturated carbocycles. The molecule has 0 spiro atoms. The van der Waals surface area contributed by atoms with Gasteiger partial charge in [0.1, 0.15) is 23.9 Å². The number of ether oxygens (including phenoxy) is 1. The molecule has 0 saturated heterocycles. The summed E-state index contributed by atoms with van der Waals surface area (Å²) in [5, 5.41) is 9.17. The first kappa shape index (κ1) is 11.7. The second-order valence-electron chi connectivity index (χ2n) is 3.50. The summed E-state index contributed by atoms with van der Waals surface area (Å²) in [6, 6.07) is 10.9. The van der Waals surface area contributed by atoms with Crippen molar-refractivity contribution in [2.24, 2.45) is 0 Å². The Morgan fingerprint density at radius 3 is 2.53 bits per heavy atom. The Morgan fingerprint density at radius 1 is 1.12 bits per heavy atom. The van der Waals surface area contributed by atoms with Crippen LogP contribution in [0.1, 0.15) is 5.56 Å². The molecule has 88 valence electrons. The monoisotopic (exact) mass is 252 g/mol. The van der Waals surface area contributed by atoms with Crippen molar-refractivity contribution in [1.29, 1.82) is 0 Å². The van der Waals surface area contributed by atoms with Gasteiger partial charge in [0.05, 0.1) is 5.02 Å². The highest BCUT2D eigenvalue weighted by atomic mass is 35.5. The average Bonchev–Trinajstić information content (AvgIpc) is 2.33. The van der Waals surface area contributed by atoms with Crippen LogP contribution in [0.15, 0.2) is 42.5 Å². The highest BCUT2D eigenvalue weighted by molar-refractivity contribution is 6.31. The number of benzene rings is 2. The molecule has 0 aromatic heterocycles. The van der Waals surface area contributed by atoms with Gasteiger partial charge in [0.15, 0.2) is 0 Å². The Hall–Kier alpha value is -1.74. The molecule has 0 amide bonds. The minimum absolute atomic E-state index is 0.0753. The van der Waals surface area contributed by atoms with Gasteiger partial charge >= 0.3 is 0 Å². The summed E-state index contributed by atoms with van der Waals surface area (Å²) in [6.45, 7) is 0.182. The minimum Gasteiger partial charge on any atom is -0.508 e. The molecule has 0 aliphatic carbocycles. The lowest BCUT2D eigenvalue weighted by molar-refractivity contribution is 0.305. The summed E-state index contributed by atoms with van der Waals surface area (Å²) in [5.41, 5.74) is 0.583. The molecule has 2 nitrogen and oxygen atoms in total. The van der Waals surface area contributed by atoms with Crippen LogP contribution in [0.4, 0.5) is 4.39 Å². The fraction of sp³-hybridized carbons (Fsp3) is 0.0769. The summed E-state index contributed by atoms with van der Waals surface area (Å²) in [5.74, 6) is 0.294. The lowest BCUT2D eigenvalue weighted by Gasteiger charge is -2.08. The summed E-state index contributed by atoms with van der Waals surface area (Å²) >= 11 is 5.79. The second kappa shape index (κ2) is 5.06. The van der Waals surface area contributed by atoms with Crippen LogP contribution in [0.5, 0.6) is 11.5 Å². The summed E-state index contributed by atoms with van der Waals surface area (Å²) in [6.07, 6.45) is 0. The van der Waals surface area contributed by atoms with Gasteiger partial charge in [-0.25, -0.2) is 4.39 Å². The molecule has 2 aromatic carbocycles. The Balaban J connectivity index is 2.07. The van der Waals surface area contributed by atoms with Crippen LogP contribution >= 0.6 is 11.6 Å². The summed E-state index contributed by atoms with van der Waals surface area (Å²) in [7, 11) is 0. The third-order valence-corrected chi connectivity index (χ3v) is 2.69. The third-order valence-electron chi connectivity index (χ3n) is 2.26. The van der Waals surface area contributed by atoms with E-state index in [-0.39, 0.29) is 17.4 Å². The van der Waals surface area contributed by atoms with Crippen LogP contribution < -0.4 is 4.74 Å². The topological polar surface area (TPSA) is 29.5 Å². The van der Waals surface area contributed by atoms with E-state index in [0.29, 0.717) is 11.3 Å². The van der Waals surface area contributed by atoms with Crippen molar-refractivity contribution in [3.8, 4) is 11.5 Å². The van der Waals surface area contributed by atoms with Crippen molar-refractivity contribution in [2.45, 2.75) is 6.61 Å². The number of hydrogen-bond acceptors (Lipinski definition) is 2. The molecule has 0 aliphatic rings. The number of aromatic hydroxyl groups is 1. The van der Waals surface area contributed by atoms with Gasteiger partial charge < -0.3 is 9.84 Å². The fourth-order valence-corrected chi connectivity index (χ4v) is 1.54. The average molecular weight is 253 g/mol. The highest BCUT2D eigenvalue weighted by Gasteiger charge is 2.06. The van der Waals surface area contributed by atoms with Crippen LogP contribution in [0.25, 0.3) is 0 Å². The first-order chi connectivity index (χ1) is 8.16. The molecule has 0 heterocycles. The molecule has 0 bridgehead atoms. The van der Waals surface area contributed by atoms with Gasteiger partial charge in [0, 0.05) is 5.56 Å². The van der Waals surface area contributed by atoms with Gasteiger partial charge in [0.2, 0.25) is 0 Å². The summed E-state index contributed by atoms with van der Waals surface area (Å²) < 4.78 is 18.6. The fourth-order valence-electron chi connectivity index (χ4n) is 1.36. The van der Waals surface area contributed by atoms with Gasteiger partial charge in [-0.1, -0.05) is 23.7 Å². The van der Waals surface area contributed by atoms with Crippen molar-refractivity contribution in [1.82, 2.24) is 0 Å². The van der Waals surface area contributed by atoms with Crippen LogP contribution in [0, 0.1) is 5.82 Å². The zero-order chi connectivity index (χ0) is 12.3. The van der Waals surface area contributed by atoms with Gasteiger partial charge in [-0.3, -0.25) is 0 Å². The molecule has 0 fully saturated rings. The van der Waals surface area contributed by atoms with Crippen molar-refractivity contribution in [3.05, 3.63) is 58.9 Å². The first-order valence-corrected chi connectivity index (χ1v) is 5.39. The molecular formula is C13H10ClFO2. The largest absolute Gasteiger partial charge is 0.508 e. The Labute approximate surface area is 103 Å². The van der Waals surface area contributed by atoms with Gasteiger partial charge in [-0.15, -0.1) is 0 Å². The maximum absolute atomic E-state index is 13.1. The molecule has 2 rings (SSSR count). The molecular weight excluding hydrogens is 243 g/mol. The maximum atomic E-state index is 13.1. The Kier molecular flexibility index (Phi) is 3.49. The van der Waals surface area contributed by atoms with E-state index in [1.165, 1.54) is 18.2 Å². The number of halogens is 2. The van der Waals surface area contributed by atoms with E-state index in [1.54, 1.807) is 24.3 Å². The number of phenols is 1. The number of rotatable bonds is 3. The molecule has 0 atom stereocenters. The molecule has 4 heteroatoms. The molecule has 17 heavy (non-hydrogen) atoms. The van der Waals surface area contributed by atoms with Crippen molar-refractivity contribution < 1.29 is 14.2 Å². The van der Waals surface area contributed by atoms with Crippen molar-refractivity contribution in [3.63, 3.8) is 0 Å². The first-order valence-electron chi connectivity index (χ1n) is 5.01. The second-order valence-corrected chi connectivity index (χ2v) is 3.87. The third kappa shape index (κ3) is 2.88. The lowest BCUT2D eigenvalue weighted by Crippen LogP contribution is -1.97. The van der Waals surface area contributed by atoms with Gasteiger partial charge in [0.25, 0.3) is 0 Å². The number of phenolic OH excluding ortho intramolecular Hbond substituents is 1. The lowest BCUT2D eigenvalue weighted by atomic mass is 10.2. The van der Waals surface area contributed by atoms with E-state index in [2.05, 4.69) is 0 Å². The van der Waals surface area contributed by atoms with E-state index in [4.69, 9.17) is 21.4 Å².